The quantitative estimate of drug-likeness (QED) is 0.497. The Bertz CT molecular complexity index is 781. The van der Waals surface area contributed by atoms with Crippen molar-refractivity contribution in [3.63, 3.8) is 0 Å². The summed E-state index contributed by atoms with van der Waals surface area (Å²) in [5.41, 5.74) is 2.02. The monoisotopic (exact) mass is 424 g/mol. The Morgan fingerprint density at radius 2 is 2.10 bits per heavy atom. The zero-order valence-corrected chi connectivity index (χ0v) is 19.1. The molecule has 30 heavy (non-hydrogen) atoms. The van der Waals surface area contributed by atoms with Gasteiger partial charge in [0.25, 0.3) is 0 Å². The van der Waals surface area contributed by atoms with Crippen molar-refractivity contribution in [1.82, 2.24) is 20.4 Å². The van der Waals surface area contributed by atoms with Crippen LogP contribution in [0.4, 0.5) is 0 Å². The van der Waals surface area contributed by atoms with Gasteiger partial charge in [0.15, 0.2) is 0 Å². The highest BCUT2D eigenvalue weighted by Gasteiger charge is 2.59. The van der Waals surface area contributed by atoms with Gasteiger partial charge in [-0.15, -0.1) is 11.8 Å². The van der Waals surface area contributed by atoms with E-state index in [1.54, 1.807) is 10.6 Å². The molecular weight excluding hydrogens is 388 g/mol. The van der Waals surface area contributed by atoms with E-state index in [0.29, 0.717) is 6.04 Å². The molecule has 4 nitrogen and oxygen atoms in total. The molecule has 4 heterocycles. The van der Waals surface area contributed by atoms with Gasteiger partial charge in [-0.25, -0.2) is 0 Å². The minimum atomic E-state index is 0.120. The zero-order chi connectivity index (χ0) is 20.4. The second-order valence-electron chi connectivity index (χ2n) is 9.57. The van der Waals surface area contributed by atoms with Gasteiger partial charge in [-0.1, -0.05) is 37.6 Å². The minimum absolute atomic E-state index is 0.120. The fourth-order valence-corrected chi connectivity index (χ4v) is 7.55. The normalized spacial score (nSPS) is 34.8. The molecular formula is C25H36N4S. The van der Waals surface area contributed by atoms with E-state index in [4.69, 9.17) is 0 Å². The fourth-order valence-electron chi connectivity index (χ4n) is 6.24. The predicted octanol–water partition coefficient (Wildman–Crippen LogP) is 3.99. The largest absolute Gasteiger partial charge is 0.354 e. The molecule has 162 valence electrons. The molecule has 2 N–H and O–H groups in total. The van der Waals surface area contributed by atoms with Crippen LogP contribution in [0, 0.1) is 5.41 Å². The predicted molar refractivity (Wildman–Crippen MR) is 128 cm³/mol. The van der Waals surface area contributed by atoms with Crippen LogP contribution in [0.15, 0.2) is 59.5 Å². The molecule has 5 rings (SSSR count). The van der Waals surface area contributed by atoms with Crippen LogP contribution in [0.5, 0.6) is 0 Å². The minimum Gasteiger partial charge on any atom is -0.354 e. The van der Waals surface area contributed by atoms with Crippen LogP contribution < -0.4 is 10.6 Å². The Labute approximate surface area is 186 Å². The molecule has 0 aromatic carbocycles. The molecule has 3 atom stereocenters. The molecule has 0 bridgehead atoms. The Hall–Kier alpha value is -1.43. The lowest BCUT2D eigenvalue weighted by atomic mass is 9.59. The Balaban J connectivity index is 1.26. The maximum Gasteiger partial charge on any atom is 0.0811 e. The second kappa shape index (κ2) is 8.60. The number of hydrogen-bond donors (Lipinski definition) is 2. The third-order valence-corrected chi connectivity index (χ3v) is 8.94. The average molecular weight is 425 g/mol. The topological polar surface area (TPSA) is 30.5 Å². The summed E-state index contributed by atoms with van der Waals surface area (Å²) in [6.45, 7) is 7.95. The lowest BCUT2D eigenvalue weighted by molar-refractivity contribution is -0.00646. The van der Waals surface area contributed by atoms with E-state index >= 15 is 0 Å². The first-order valence-corrected chi connectivity index (χ1v) is 12.7. The van der Waals surface area contributed by atoms with Gasteiger partial charge in [-0.2, -0.15) is 0 Å². The van der Waals surface area contributed by atoms with Crippen LogP contribution >= 0.6 is 11.8 Å². The number of fused-ring (bicyclic) bond motifs is 1. The molecule has 0 amide bonds. The van der Waals surface area contributed by atoms with Gasteiger partial charge < -0.3 is 20.4 Å². The molecule has 1 aliphatic carbocycles. The molecule has 5 aliphatic rings. The van der Waals surface area contributed by atoms with Crippen molar-refractivity contribution in [2.24, 2.45) is 5.41 Å². The van der Waals surface area contributed by atoms with Gasteiger partial charge in [0.1, 0.15) is 0 Å². The molecule has 3 unspecified atom stereocenters. The van der Waals surface area contributed by atoms with Gasteiger partial charge >= 0.3 is 0 Å². The van der Waals surface area contributed by atoms with Crippen LogP contribution in [-0.4, -0.2) is 59.9 Å². The molecule has 4 aliphatic heterocycles. The molecule has 1 spiro atoms. The molecule has 1 fully saturated rings. The number of nitrogens with one attached hydrogen (secondary N) is 2. The van der Waals surface area contributed by atoms with E-state index in [9.17, 15) is 0 Å². The SMILES string of the molecule is CC1(CNCCCN2C=CC=CC=C2)CCCC2NCC3=C(SCC3)N3CC=CC231. The summed E-state index contributed by atoms with van der Waals surface area (Å²) in [4.78, 5) is 5.08. The summed E-state index contributed by atoms with van der Waals surface area (Å²) < 4.78 is 0. The van der Waals surface area contributed by atoms with Crippen molar-refractivity contribution in [3.05, 3.63) is 59.5 Å². The first kappa shape index (κ1) is 20.5. The van der Waals surface area contributed by atoms with Gasteiger partial charge in [-0.05, 0) is 50.0 Å². The van der Waals surface area contributed by atoms with Crippen LogP contribution in [0.3, 0.4) is 0 Å². The smallest absolute Gasteiger partial charge is 0.0811 e. The number of thioether (sulfide) groups is 1. The summed E-state index contributed by atoms with van der Waals surface area (Å²) in [6, 6.07) is 0.558. The summed E-state index contributed by atoms with van der Waals surface area (Å²) >= 11 is 2.10. The number of nitrogens with zero attached hydrogens (tertiary/aromatic N) is 2. The number of allylic oxidation sites excluding steroid dienone is 4. The summed E-state index contributed by atoms with van der Waals surface area (Å²) in [5.74, 6) is 1.26. The lowest BCUT2D eigenvalue weighted by Crippen LogP contribution is -2.69. The third-order valence-electron chi connectivity index (χ3n) is 7.75. The number of hydrogen-bond acceptors (Lipinski definition) is 5. The fraction of sp³-hybridized carbons (Fsp3) is 0.600. The van der Waals surface area contributed by atoms with Gasteiger partial charge in [0.2, 0.25) is 0 Å². The molecule has 0 aromatic heterocycles. The average Bonchev–Trinajstić information content (AvgIpc) is 3.27. The maximum atomic E-state index is 4.00. The van der Waals surface area contributed by atoms with E-state index < -0.39 is 0 Å². The first-order chi connectivity index (χ1) is 14.7. The molecule has 1 saturated carbocycles. The molecule has 0 aromatic rings. The highest BCUT2D eigenvalue weighted by atomic mass is 32.2. The highest BCUT2D eigenvalue weighted by molar-refractivity contribution is 8.03. The standard InChI is InChI=1S/C25H36N4S/c1-24(20-26-13-8-16-28-14-4-2-3-5-15-28)11-6-9-22-25(24)12-7-17-29(25)23-21(19-27-22)10-18-30-23/h2-5,7,12,14-15,22,26-27H,6,8-11,13,16-20H2,1H3. The van der Waals surface area contributed by atoms with Crippen molar-refractivity contribution < 1.29 is 0 Å². The van der Waals surface area contributed by atoms with E-state index in [-0.39, 0.29) is 11.0 Å². The van der Waals surface area contributed by atoms with Crippen LogP contribution in [0.25, 0.3) is 0 Å². The van der Waals surface area contributed by atoms with E-state index in [1.807, 2.05) is 0 Å². The summed E-state index contributed by atoms with van der Waals surface area (Å²) in [5, 5.41) is 9.47. The highest BCUT2D eigenvalue weighted by Crippen LogP contribution is 2.55. The van der Waals surface area contributed by atoms with Crippen molar-refractivity contribution >= 4 is 11.8 Å². The van der Waals surface area contributed by atoms with Crippen molar-refractivity contribution in [3.8, 4) is 0 Å². The van der Waals surface area contributed by atoms with Crippen molar-refractivity contribution in [2.75, 3.05) is 38.5 Å². The molecule has 0 saturated heterocycles. The molecule has 0 radical (unpaired) electrons. The Morgan fingerprint density at radius 1 is 1.23 bits per heavy atom. The van der Waals surface area contributed by atoms with Crippen molar-refractivity contribution in [2.45, 2.75) is 50.6 Å². The molecule has 5 heteroatoms. The van der Waals surface area contributed by atoms with Crippen LogP contribution in [0.2, 0.25) is 0 Å². The van der Waals surface area contributed by atoms with Gasteiger partial charge in [0, 0.05) is 55.8 Å². The third kappa shape index (κ3) is 3.49. The Kier molecular flexibility index (Phi) is 5.87. The second-order valence-corrected chi connectivity index (χ2v) is 10.7. The summed E-state index contributed by atoms with van der Waals surface area (Å²) in [7, 11) is 0. The maximum absolute atomic E-state index is 4.00. The summed E-state index contributed by atoms with van der Waals surface area (Å²) in [6.07, 6.45) is 24.1. The van der Waals surface area contributed by atoms with Crippen molar-refractivity contribution in [1.29, 1.82) is 0 Å². The van der Waals surface area contributed by atoms with E-state index in [0.717, 1.165) is 39.1 Å². The van der Waals surface area contributed by atoms with Gasteiger partial charge in [0.05, 0.1) is 10.6 Å². The van der Waals surface area contributed by atoms with E-state index in [1.165, 1.54) is 31.4 Å². The zero-order valence-electron chi connectivity index (χ0n) is 18.3. The first-order valence-electron chi connectivity index (χ1n) is 11.7. The van der Waals surface area contributed by atoms with E-state index in [2.05, 4.69) is 88.0 Å². The number of rotatable bonds is 6. The lowest BCUT2D eigenvalue weighted by Gasteiger charge is -2.58. The van der Waals surface area contributed by atoms with Crippen LogP contribution in [-0.2, 0) is 0 Å². The van der Waals surface area contributed by atoms with Crippen LogP contribution in [0.1, 0.15) is 39.0 Å². The Morgan fingerprint density at radius 3 is 2.97 bits per heavy atom. The van der Waals surface area contributed by atoms with Gasteiger partial charge in [-0.3, -0.25) is 0 Å².